The van der Waals surface area contributed by atoms with E-state index in [2.05, 4.69) is 12.1 Å². The van der Waals surface area contributed by atoms with Crippen molar-refractivity contribution in [2.24, 2.45) is 5.73 Å². The fourth-order valence-electron chi connectivity index (χ4n) is 4.03. The quantitative estimate of drug-likeness (QED) is 0.281. The van der Waals surface area contributed by atoms with E-state index >= 15 is 0 Å². The summed E-state index contributed by atoms with van der Waals surface area (Å²) in [6, 6.07) is 25.0. The number of nitrogens with zero attached hydrogens (tertiary/aromatic N) is 3. The van der Waals surface area contributed by atoms with Gasteiger partial charge in [-0.1, -0.05) is 54.2 Å². The van der Waals surface area contributed by atoms with Crippen LogP contribution in [0.1, 0.15) is 24.0 Å². The Morgan fingerprint density at radius 2 is 1.82 bits per heavy atom. The number of nitrogens with two attached hydrogens (primary N) is 1. The largest absolute Gasteiger partial charge is 0.463 e. The topological polar surface area (TPSA) is 122 Å². The van der Waals surface area contributed by atoms with E-state index in [1.54, 1.807) is 30.8 Å². The second kappa shape index (κ2) is 12.4. The van der Waals surface area contributed by atoms with Crippen LogP contribution in [0.4, 0.5) is 0 Å². The second-order valence-corrected chi connectivity index (χ2v) is 9.91. The van der Waals surface area contributed by atoms with Crippen molar-refractivity contribution in [1.29, 1.82) is 10.5 Å². The molecule has 38 heavy (non-hydrogen) atoms. The zero-order valence-corrected chi connectivity index (χ0v) is 22.4. The lowest BCUT2D eigenvalue weighted by Gasteiger charge is -2.28. The molecule has 9 heteroatoms. The molecule has 1 aliphatic rings. The Morgan fingerprint density at radius 1 is 1.08 bits per heavy atom. The molecule has 0 radical (unpaired) electrons. The monoisotopic (exact) mass is 540 g/mol. The lowest BCUT2D eigenvalue weighted by atomic mass is 9.83. The highest BCUT2D eigenvalue weighted by Gasteiger charge is 2.37. The zero-order valence-electron chi connectivity index (χ0n) is 20.8. The molecule has 1 aliphatic heterocycles. The van der Waals surface area contributed by atoms with Crippen LogP contribution >= 0.6 is 23.5 Å². The molecule has 0 unspecified atom stereocenters. The molecule has 0 aliphatic carbocycles. The molecule has 0 bridgehead atoms. The van der Waals surface area contributed by atoms with Crippen molar-refractivity contribution < 1.29 is 14.3 Å². The molecule has 0 spiro atoms. The average molecular weight is 541 g/mol. The van der Waals surface area contributed by atoms with Gasteiger partial charge in [0.2, 0.25) is 5.88 Å². The molecule has 2 heterocycles. The molecule has 2 N–H and O–H groups in total. The van der Waals surface area contributed by atoms with E-state index < -0.39 is 11.9 Å². The van der Waals surface area contributed by atoms with Gasteiger partial charge in [-0.2, -0.15) is 10.5 Å². The number of hydrogen-bond acceptors (Lipinski definition) is 9. The van der Waals surface area contributed by atoms with Gasteiger partial charge in [0.25, 0.3) is 0 Å². The van der Waals surface area contributed by atoms with Crippen molar-refractivity contribution in [2.45, 2.75) is 22.8 Å². The van der Waals surface area contributed by atoms with E-state index in [1.165, 1.54) is 11.8 Å². The van der Waals surface area contributed by atoms with Crippen LogP contribution in [0.5, 0.6) is 0 Å². The summed E-state index contributed by atoms with van der Waals surface area (Å²) in [4.78, 5) is 19.0. The van der Waals surface area contributed by atoms with E-state index in [0.717, 1.165) is 16.0 Å². The Balaban J connectivity index is 1.76. The maximum absolute atomic E-state index is 13.2. The Labute approximate surface area is 230 Å². The number of allylic oxidation sites excluding steroid dienone is 1. The molecule has 0 saturated carbocycles. The molecule has 4 rings (SSSR count). The van der Waals surface area contributed by atoms with Crippen LogP contribution in [0.3, 0.4) is 0 Å². The summed E-state index contributed by atoms with van der Waals surface area (Å²) in [6.07, 6.45) is 1.97. The van der Waals surface area contributed by atoms with Gasteiger partial charge < -0.3 is 15.2 Å². The van der Waals surface area contributed by atoms with Gasteiger partial charge >= 0.3 is 5.97 Å². The van der Waals surface area contributed by atoms with E-state index in [1.807, 2.05) is 60.9 Å². The maximum Gasteiger partial charge on any atom is 0.338 e. The Morgan fingerprint density at radius 3 is 2.45 bits per heavy atom. The number of esters is 1. The third-order valence-corrected chi connectivity index (χ3v) is 7.57. The van der Waals surface area contributed by atoms with Crippen molar-refractivity contribution in [3.63, 3.8) is 0 Å². The standard InChI is InChI=1S/C29H24N4O3S2/c1-3-35-29(34)26-24(36-27(32)22(16-31)25(26)19-9-12-21(37-2)13-10-19)17-38-28-20(15-30)11-14-23(33-28)18-7-5-4-6-8-18/h4-14,25H,3,17,32H2,1-2H3/t25-/m1/s1. The molecule has 0 amide bonds. The van der Waals surface area contributed by atoms with Gasteiger partial charge in [-0.25, -0.2) is 9.78 Å². The number of pyridine rings is 1. The molecule has 2 aromatic carbocycles. The van der Waals surface area contributed by atoms with Gasteiger partial charge in [-0.05, 0) is 43.0 Å². The Hall–Kier alpha value is -4.18. The number of aromatic nitrogens is 1. The molecule has 0 saturated heterocycles. The lowest BCUT2D eigenvalue weighted by molar-refractivity contribution is -0.139. The number of carbonyl (C=O) groups excluding carboxylic acids is 1. The number of ether oxygens (including phenoxy) is 2. The number of carbonyl (C=O) groups is 1. The smallest absolute Gasteiger partial charge is 0.338 e. The van der Waals surface area contributed by atoms with Gasteiger partial charge in [0.1, 0.15) is 28.5 Å². The van der Waals surface area contributed by atoms with Crippen LogP contribution in [0, 0.1) is 22.7 Å². The third kappa shape index (κ3) is 5.70. The first-order valence-electron chi connectivity index (χ1n) is 11.7. The SMILES string of the molecule is CCOC(=O)C1=C(CSc2nc(-c3ccccc3)ccc2C#N)OC(N)=C(C#N)[C@H]1c1ccc(SC)cc1. The van der Waals surface area contributed by atoms with Gasteiger partial charge in [-0.3, -0.25) is 0 Å². The first-order chi connectivity index (χ1) is 18.5. The molecule has 1 aromatic heterocycles. The van der Waals surface area contributed by atoms with Crippen molar-refractivity contribution in [1.82, 2.24) is 4.98 Å². The number of rotatable bonds is 8. The van der Waals surface area contributed by atoms with Crippen molar-refractivity contribution >= 4 is 29.5 Å². The van der Waals surface area contributed by atoms with E-state index in [-0.39, 0.29) is 35.1 Å². The summed E-state index contributed by atoms with van der Waals surface area (Å²) in [6.45, 7) is 1.87. The van der Waals surface area contributed by atoms with Gasteiger partial charge in [0.05, 0.1) is 35.1 Å². The molecule has 7 nitrogen and oxygen atoms in total. The van der Waals surface area contributed by atoms with Crippen molar-refractivity contribution in [3.8, 4) is 23.4 Å². The highest BCUT2D eigenvalue weighted by atomic mass is 32.2. The van der Waals surface area contributed by atoms with Gasteiger partial charge in [0.15, 0.2) is 0 Å². The first-order valence-corrected chi connectivity index (χ1v) is 13.9. The highest BCUT2D eigenvalue weighted by molar-refractivity contribution is 7.99. The molecule has 1 atom stereocenters. The summed E-state index contributed by atoms with van der Waals surface area (Å²) in [7, 11) is 0. The molecular weight excluding hydrogens is 516 g/mol. The number of benzene rings is 2. The summed E-state index contributed by atoms with van der Waals surface area (Å²) in [5.74, 6) is -0.999. The molecular formula is C29H24N4O3S2. The molecule has 190 valence electrons. The highest BCUT2D eigenvalue weighted by Crippen LogP contribution is 2.41. The van der Waals surface area contributed by atoms with E-state index in [4.69, 9.17) is 20.2 Å². The van der Waals surface area contributed by atoms with Crippen molar-refractivity contribution in [2.75, 3.05) is 18.6 Å². The second-order valence-electron chi connectivity index (χ2n) is 8.07. The van der Waals surface area contributed by atoms with Crippen LogP contribution in [0.25, 0.3) is 11.3 Å². The number of nitriles is 2. The maximum atomic E-state index is 13.2. The summed E-state index contributed by atoms with van der Waals surface area (Å²) < 4.78 is 11.2. The fraction of sp³-hybridized carbons (Fsp3) is 0.172. The average Bonchev–Trinajstić information content (AvgIpc) is 2.96. The van der Waals surface area contributed by atoms with E-state index in [0.29, 0.717) is 16.3 Å². The minimum Gasteiger partial charge on any atom is -0.463 e. The van der Waals surface area contributed by atoms with Crippen LogP contribution in [0.15, 0.2) is 99.4 Å². The third-order valence-electron chi connectivity index (χ3n) is 5.83. The van der Waals surface area contributed by atoms with Crippen molar-refractivity contribution in [3.05, 3.63) is 101 Å². The summed E-state index contributed by atoms with van der Waals surface area (Å²) in [5.41, 5.74) is 9.29. The van der Waals surface area contributed by atoms with Crippen LogP contribution in [-0.4, -0.2) is 29.6 Å². The Kier molecular flexibility index (Phi) is 8.75. The van der Waals surface area contributed by atoms with Gasteiger partial charge in [-0.15, -0.1) is 11.8 Å². The number of hydrogen-bond donors (Lipinski definition) is 1. The molecule has 0 fully saturated rings. The van der Waals surface area contributed by atoms with Crippen LogP contribution in [0.2, 0.25) is 0 Å². The first kappa shape index (κ1) is 26.9. The van der Waals surface area contributed by atoms with E-state index in [9.17, 15) is 15.3 Å². The van der Waals surface area contributed by atoms with Gasteiger partial charge in [0, 0.05) is 10.5 Å². The predicted octanol–water partition coefficient (Wildman–Crippen LogP) is 5.76. The summed E-state index contributed by atoms with van der Waals surface area (Å²) in [5, 5.41) is 20.1. The predicted molar refractivity (Wildman–Crippen MR) is 148 cm³/mol. The minimum absolute atomic E-state index is 0.0680. The number of thioether (sulfide) groups is 2. The normalized spacial score (nSPS) is 14.9. The van der Waals surface area contributed by atoms with Crippen LogP contribution in [-0.2, 0) is 14.3 Å². The lowest BCUT2D eigenvalue weighted by Crippen LogP contribution is -2.27. The summed E-state index contributed by atoms with van der Waals surface area (Å²) >= 11 is 2.84. The minimum atomic E-state index is -0.752. The zero-order chi connectivity index (χ0) is 27.1. The Bertz CT molecular complexity index is 1490. The molecule has 3 aromatic rings. The van der Waals surface area contributed by atoms with Crippen LogP contribution < -0.4 is 5.73 Å². The fourth-order valence-corrected chi connectivity index (χ4v) is 5.35.